The Labute approximate surface area is 46.9 Å². The van der Waals surface area contributed by atoms with Gasteiger partial charge in [0.15, 0.2) is 0 Å². The monoisotopic (exact) mass is 128 g/mol. The van der Waals surface area contributed by atoms with Crippen LogP contribution in [0.25, 0.3) is 0 Å². The van der Waals surface area contributed by atoms with E-state index < -0.39 is 5.06 Å². The van der Waals surface area contributed by atoms with E-state index in [0.717, 1.165) is 0 Å². The quantitative estimate of drug-likeness (QED) is 0.527. The standard InChI is InChI=1S/C3H6Cl2O/c1-3(5,6)2-4/h6H,2H2,1H3. The summed E-state index contributed by atoms with van der Waals surface area (Å²) < 4.78 is 0. The summed E-state index contributed by atoms with van der Waals surface area (Å²) in [5.41, 5.74) is 0. The molecule has 0 radical (unpaired) electrons. The van der Waals surface area contributed by atoms with E-state index in [9.17, 15) is 0 Å². The van der Waals surface area contributed by atoms with Crippen molar-refractivity contribution >= 4 is 23.2 Å². The Morgan fingerprint density at radius 2 is 2.00 bits per heavy atom. The van der Waals surface area contributed by atoms with Crippen molar-refractivity contribution in [2.75, 3.05) is 5.88 Å². The summed E-state index contributed by atoms with van der Waals surface area (Å²) in [5, 5.41) is 7.24. The average molecular weight is 129 g/mol. The van der Waals surface area contributed by atoms with Gasteiger partial charge in [0.05, 0.1) is 5.88 Å². The highest BCUT2D eigenvalue weighted by Gasteiger charge is 2.11. The van der Waals surface area contributed by atoms with Gasteiger partial charge in [0.1, 0.15) is 5.06 Å². The summed E-state index contributed by atoms with van der Waals surface area (Å²) in [5.74, 6) is 0.0640. The lowest BCUT2D eigenvalue weighted by Gasteiger charge is -2.06. The van der Waals surface area contributed by atoms with Crippen molar-refractivity contribution in [1.29, 1.82) is 0 Å². The first-order valence-corrected chi connectivity index (χ1v) is 2.45. The van der Waals surface area contributed by atoms with Gasteiger partial charge in [-0.1, -0.05) is 11.6 Å². The van der Waals surface area contributed by atoms with E-state index in [1.54, 1.807) is 0 Å². The fraction of sp³-hybridized carbons (Fsp3) is 1.00. The lowest BCUT2D eigenvalue weighted by atomic mass is 10.5. The molecule has 0 aromatic carbocycles. The molecule has 6 heavy (non-hydrogen) atoms. The van der Waals surface area contributed by atoms with E-state index >= 15 is 0 Å². The van der Waals surface area contributed by atoms with Crippen LogP contribution in [-0.4, -0.2) is 16.0 Å². The summed E-state index contributed by atoms with van der Waals surface area (Å²) in [6, 6.07) is 0. The first-order chi connectivity index (χ1) is 2.56. The zero-order valence-electron chi connectivity index (χ0n) is 3.41. The van der Waals surface area contributed by atoms with E-state index in [1.165, 1.54) is 6.92 Å². The van der Waals surface area contributed by atoms with Gasteiger partial charge in [-0.25, -0.2) is 0 Å². The van der Waals surface area contributed by atoms with Crippen molar-refractivity contribution in [3.8, 4) is 0 Å². The van der Waals surface area contributed by atoms with Crippen LogP contribution in [0.15, 0.2) is 0 Å². The third-order valence-electron chi connectivity index (χ3n) is 0.244. The van der Waals surface area contributed by atoms with E-state index in [-0.39, 0.29) is 5.88 Å². The van der Waals surface area contributed by atoms with Crippen molar-refractivity contribution in [3.63, 3.8) is 0 Å². The molecule has 1 nitrogen and oxygen atoms in total. The van der Waals surface area contributed by atoms with Crippen LogP contribution in [0.5, 0.6) is 0 Å². The minimum absolute atomic E-state index is 0.0640. The molecule has 0 heterocycles. The fourth-order valence-corrected chi connectivity index (χ4v) is 0. The number of aliphatic hydroxyl groups is 1. The van der Waals surface area contributed by atoms with Crippen molar-refractivity contribution in [2.24, 2.45) is 0 Å². The maximum Gasteiger partial charge on any atom is 0.149 e. The molecule has 1 atom stereocenters. The van der Waals surface area contributed by atoms with Crippen LogP contribution in [0.4, 0.5) is 0 Å². The van der Waals surface area contributed by atoms with Gasteiger partial charge in [-0.3, -0.25) is 0 Å². The number of alkyl halides is 2. The van der Waals surface area contributed by atoms with Gasteiger partial charge in [0.25, 0.3) is 0 Å². The molecule has 0 aliphatic rings. The highest BCUT2D eigenvalue weighted by Crippen LogP contribution is 2.09. The number of hydrogen-bond acceptors (Lipinski definition) is 1. The SMILES string of the molecule is CC(O)(Cl)CCl. The predicted octanol–water partition coefficient (Wildman–Crippen LogP) is 1.17. The summed E-state index contributed by atoms with van der Waals surface area (Å²) >= 11 is 10.2. The Kier molecular flexibility index (Phi) is 2.19. The molecule has 38 valence electrons. The van der Waals surface area contributed by atoms with Crippen LogP contribution in [0, 0.1) is 0 Å². The Hall–Kier alpha value is 0.540. The highest BCUT2D eigenvalue weighted by atomic mass is 35.5. The molecule has 0 amide bonds. The second-order valence-corrected chi connectivity index (χ2v) is 2.36. The number of rotatable bonds is 1. The molecule has 0 rings (SSSR count). The Morgan fingerprint density at radius 1 is 1.83 bits per heavy atom. The minimum Gasteiger partial charge on any atom is -0.374 e. The lowest BCUT2D eigenvalue weighted by molar-refractivity contribution is 0.174. The van der Waals surface area contributed by atoms with Crippen LogP contribution < -0.4 is 0 Å². The molecule has 0 saturated carbocycles. The van der Waals surface area contributed by atoms with E-state index in [0.29, 0.717) is 0 Å². The average Bonchev–Trinajstić information content (AvgIpc) is 1.35. The van der Waals surface area contributed by atoms with Crippen LogP contribution in [-0.2, 0) is 0 Å². The third-order valence-corrected chi connectivity index (χ3v) is 1.03. The minimum atomic E-state index is -1.22. The second kappa shape index (κ2) is 2.01. The zero-order valence-corrected chi connectivity index (χ0v) is 4.92. The molecule has 0 aromatic rings. The summed E-state index contributed by atoms with van der Waals surface area (Å²) in [6.07, 6.45) is 0. The van der Waals surface area contributed by atoms with Gasteiger partial charge in [0.2, 0.25) is 0 Å². The van der Waals surface area contributed by atoms with Gasteiger partial charge in [-0.05, 0) is 6.92 Å². The fourth-order valence-electron chi connectivity index (χ4n) is 0. The summed E-state index contributed by atoms with van der Waals surface area (Å²) in [6.45, 7) is 1.43. The number of halogens is 2. The van der Waals surface area contributed by atoms with Gasteiger partial charge in [0, 0.05) is 0 Å². The Balaban J connectivity index is 3.17. The maximum atomic E-state index is 8.46. The second-order valence-electron chi connectivity index (χ2n) is 1.28. The van der Waals surface area contributed by atoms with Crippen LogP contribution >= 0.6 is 23.2 Å². The maximum absolute atomic E-state index is 8.46. The highest BCUT2D eigenvalue weighted by molar-refractivity contribution is 6.29. The molecule has 0 aliphatic heterocycles. The molecule has 0 saturated heterocycles. The van der Waals surface area contributed by atoms with Crippen molar-refractivity contribution in [2.45, 2.75) is 12.0 Å². The first kappa shape index (κ1) is 6.54. The molecule has 1 unspecified atom stereocenters. The van der Waals surface area contributed by atoms with E-state index in [1.807, 2.05) is 0 Å². The van der Waals surface area contributed by atoms with E-state index in [4.69, 9.17) is 28.3 Å². The largest absolute Gasteiger partial charge is 0.374 e. The number of hydrogen-bond donors (Lipinski definition) is 1. The Morgan fingerprint density at radius 3 is 2.00 bits per heavy atom. The van der Waals surface area contributed by atoms with Crippen molar-refractivity contribution < 1.29 is 5.11 Å². The molecule has 3 heteroatoms. The molecular weight excluding hydrogens is 123 g/mol. The molecular formula is C3H6Cl2O. The lowest BCUT2D eigenvalue weighted by Crippen LogP contribution is -2.15. The summed E-state index contributed by atoms with van der Waals surface area (Å²) in [4.78, 5) is 0. The van der Waals surface area contributed by atoms with Crippen LogP contribution in [0.3, 0.4) is 0 Å². The Bertz CT molecular complexity index is 38.5. The van der Waals surface area contributed by atoms with Gasteiger partial charge >= 0.3 is 0 Å². The smallest absolute Gasteiger partial charge is 0.149 e. The van der Waals surface area contributed by atoms with Crippen LogP contribution in [0.1, 0.15) is 6.92 Å². The molecule has 0 fully saturated rings. The van der Waals surface area contributed by atoms with Crippen molar-refractivity contribution in [1.82, 2.24) is 0 Å². The van der Waals surface area contributed by atoms with Crippen LogP contribution in [0.2, 0.25) is 0 Å². The van der Waals surface area contributed by atoms with Gasteiger partial charge < -0.3 is 5.11 Å². The summed E-state index contributed by atoms with van der Waals surface area (Å²) in [7, 11) is 0. The molecule has 0 bridgehead atoms. The van der Waals surface area contributed by atoms with Gasteiger partial charge in [-0.2, -0.15) is 0 Å². The predicted molar refractivity (Wildman–Crippen MR) is 27.2 cm³/mol. The third kappa shape index (κ3) is 4.54. The van der Waals surface area contributed by atoms with E-state index in [2.05, 4.69) is 0 Å². The molecule has 1 N–H and O–H groups in total. The topological polar surface area (TPSA) is 20.2 Å². The molecule has 0 spiro atoms. The molecule has 0 aromatic heterocycles. The molecule has 0 aliphatic carbocycles. The normalized spacial score (nSPS) is 20.0. The first-order valence-electron chi connectivity index (χ1n) is 1.53. The zero-order chi connectivity index (χ0) is 5.21. The van der Waals surface area contributed by atoms with Crippen molar-refractivity contribution in [3.05, 3.63) is 0 Å². The van der Waals surface area contributed by atoms with Gasteiger partial charge in [-0.15, -0.1) is 11.6 Å².